The highest BCUT2D eigenvalue weighted by molar-refractivity contribution is 7.91. The molecular weight excluding hydrogens is 388 g/mol. The molecule has 4 heterocycles. The number of aromatic nitrogens is 2. The smallest absolute Gasteiger partial charge is 0.272 e. The molecule has 1 aliphatic heterocycles. The highest BCUT2D eigenvalue weighted by Gasteiger charge is 2.30. The Morgan fingerprint density at radius 2 is 2.11 bits per heavy atom. The lowest BCUT2D eigenvalue weighted by atomic mass is 10.1. The Morgan fingerprint density at radius 1 is 1.30 bits per heavy atom. The van der Waals surface area contributed by atoms with Gasteiger partial charge in [0.1, 0.15) is 9.90 Å². The molecule has 0 aliphatic carbocycles. The second-order valence-corrected chi connectivity index (χ2v) is 9.34. The number of hydrogen-bond acceptors (Lipinski definition) is 6. The molecule has 1 fully saturated rings. The van der Waals surface area contributed by atoms with Gasteiger partial charge in [0, 0.05) is 25.2 Å². The molecule has 0 atom stereocenters. The number of H-pyrrole nitrogens is 1. The zero-order valence-electron chi connectivity index (χ0n) is 14.3. The standard InChI is InChI=1S/C17H18N4O4S2/c22-17(14-11-13(19-20-14)15-3-1-9-25-15)18-12-5-7-21(8-6-12)27(23,24)16-4-2-10-26-16/h1-4,9-12H,5-8H2,(H,18,22)(H,19,20). The first-order valence-electron chi connectivity index (χ1n) is 8.48. The third-order valence-corrected chi connectivity index (χ3v) is 7.75. The predicted octanol–water partition coefficient (Wildman–Crippen LogP) is 2.31. The maximum atomic E-state index is 12.5. The van der Waals surface area contributed by atoms with Crippen LogP contribution < -0.4 is 5.32 Å². The number of rotatable bonds is 5. The van der Waals surface area contributed by atoms with Crippen molar-refractivity contribution in [2.24, 2.45) is 0 Å². The van der Waals surface area contributed by atoms with Crippen molar-refractivity contribution in [1.29, 1.82) is 0 Å². The molecule has 0 spiro atoms. The number of nitrogens with zero attached hydrogens (tertiary/aromatic N) is 2. The Kier molecular flexibility index (Phi) is 4.85. The summed E-state index contributed by atoms with van der Waals surface area (Å²) in [4.78, 5) is 12.4. The molecule has 3 aromatic rings. The molecule has 2 N–H and O–H groups in total. The number of nitrogens with one attached hydrogen (secondary N) is 2. The van der Waals surface area contributed by atoms with Crippen molar-refractivity contribution in [3.05, 3.63) is 47.7 Å². The first kappa shape index (κ1) is 18.0. The van der Waals surface area contributed by atoms with Crippen molar-refractivity contribution < 1.29 is 17.6 Å². The monoisotopic (exact) mass is 406 g/mol. The van der Waals surface area contributed by atoms with Gasteiger partial charge >= 0.3 is 0 Å². The molecule has 10 heteroatoms. The summed E-state index contributed by atoms with van der Waals surface area (Å²) in [5, 5.41) is 11.5. The molecule has 0 saturated carbocycles. The van der Waals surface area contributed by atoms with Crippen LogP contribution in [0.2, 0.25) is 0 Å². The van der Waals surface area contributed by atoms with Crippen LogP contribution in [0.25, 0.3) is 11.5 Å². The quantitative estimate of drug-likeness (QED) is 0.676. The predicted molar refractivity (Wildman–Crippen MR) is 99.9 cm³/mol. The van der Waals surface area contributed by atoms with E-state index in [-0.39, 0.29) is 17.6 Å². The molecule has 1 amide bonds. The van der Waals surface area contributed by atoms with Gasteiger partial charge < -0.3 is 9.73 Å². The van der Waals surface area contributed by atoms with Crippen LogP contribution in [-0.4, -0.2) is 48.0 Å². The van der Waals surface area contributed by atoms with E-state index in [0.717, 1.165) is 0 Å². The fourth-order valence-corrected chi connectivity index (χ4v) is 5.65. The highest BCUT2D eigenvalue weighted by atomic mass is 32.2. The highest BCUT2D eigenvalue weighted by Crippen LogP contribution is 2.24. The fourth-order valence-electron chi connectivity index (χ4n) is 3.03. The minimum Gasteiger partial charge on any atom is -0.463 e. The van der Waals surface area contributed by atoms with Crippen LogP contribution in [-0.2, 0) is 10.0 Å². The van der Waals surface area contributed by atoms with E-state index in [0.29, 0.717) is 41.6 Å². The number of aromatic amines is 1. The zero-order valence-corrected chi connectivity index (χ0v) is 15.9. The average molecular weight is 406 g/mol. The lowest BCUT2D eigenvalue weighted by molar-refractivity contribution is 0.0918. The van der Waals surface area contributed by atoms with Crippen molar-refractivity contribution in [1.82, 2.24) is 19.8 Å². The van der Waals surface area contributed by atoms with Gasteiger partial charge in [-0.1, -0.05) is 6.07 Å². The van der Waals surface area contributed by atoms with Crippen LogP contribution in [0.3, 0.4) is 0 Å². The van der Waals surface area contributed by atoms with Crippen LogP contribution in [0.15, 0.2) is 50.6 Å². The Bertz CT molecular complexity index is 1000. The lowest BCUT2D eigenvalue weighted by Crippen LogP contribution is -2.46. The number of hydrogen-bond donors (Lipinski definition) is 2. The molecule has 0 unspecified atom stereocenters. The van der Waals surface area contributed by atoms with Gasteiger partial charge in [-0.15, -0.1) is 11.3 Å². The van der Waals surface area contributed by atoms with E-state index in [1.807, 2.05) is 0 Å². The van der Waals surface area contributed by atoms with E-state index in [9.17, 15) is 13.2 Å². The topological polar surface area (TPSA) is 108 Å². The van der Waals surface area contributed by atoms with Crippen LogP contribution >= 0.6 is 11.3 Å². The summed E-state index contributed by atoms with van der Waals surface area (Å²) in [6, 6.07) is 8.42. The summed E-state index contributed by atoms with van der Waals surface area (Å²) in [6.07, 6.45) is 2.67. The molecule has 0 aromatic carbocycles. The SMILES string of the molecule is O=C(NC1CCN(S(=O)(=O)c2cccs2)CC1)c1cc(-c2ccco2)[nH]n1. The summed E-state index contributed by atoms with van der Waals surface area (Å²) in [7, 11) is -3.43. The Labute approximate surface area is 160 Å². The van der Waals surface area contributed by atoms with E-state index < -0.39 is 10.0 Å². The summed E-state index contributed by atoms with van der Waals surface area (Å²) in [6.45, 7) is 0.757. The van der Waals surface area contributed by atoms with Gasteiger partial charge in [-0.3, -0.25) is 9.89 Å². The van der Waals surface area contributed by atoms with Crippen LogP contribution in [0.5, 0.6) is 0 Å². The first-order chi connectivity index (χ1) is 13.0. The molecule has 0 bridgehead atoms. The minimum atomic E-state index is -3.43. The van der Waals surface area contributed by atoms with Crippen LogP contribution in [0.4, 0.5) is 0 Å². The molecule has 8 nitrogen and oxygen atoms in total. The molecule has 1 saturated heterocycles. The Morgan fingerprint density at radius 3 is 2.78 bits per heavy atom. The fraction of sp³-hybridized carbons (Fsp3) is 0.294. The van der Waals surface area contributed by atoms with E-state index >= 15 is 0 Å². The molecular formula is C17H18N4O4S2. The van der Waals surface area contributed by atoms with Gasteiger partial charge in [0.15, 0.2) is 11.5 Å². The van der Waals surface area contributed by atoms with Crippen molar-refractivity contribution in [3.8, 4) is 11.5 Å². The molecule has 27 heavy (non-hydrogen) atoms. The second kappa shape index (κ2) is 7.29. The first-order valence-corrected chi connectivity index (χ1v) is 10.8. The number of carbonyl (C=O) groups is 1. The van der Waals surface area contributed by atoms with Crippen LogP contribution in [0, 0.1) is 0 Å². The van der Waals surface area contributed by atoms with Gasteiger partial charge in [0.05, 0.1) is 6.26 Å². The summed E-state index contributed by atoms with van der Waals surface area (Å²) in [5.74, 6) is 0.317. The summed E-state index contributed by atoms with van der Waals surface area (Å²) < 4.78 is 32.2. The van der Waals surface area contributed by atoms with Crippen molar-refractivity contribution >= 4 is 27.3 Å². The maximum Gasteiger partial charge on any atom is 0.272 e. The number of piperidine rings is 1. The van der Waals surface area contributed by atoms with Crippen molar-refractivity contribution in [2.75, 3.05) is 13.1 Å². The van der Waals surface area contributed by atoms with E-state index in [1.165, 1.54) is 15.6 Å². The molecule has 0 radical (unpaired) electrons. The molecule has 3 aromatic heterocycles. The number of carbonyl (C=O) groups excluding carboxylic acids is 1. The molecule has 4 rings (SSSR count). The van der Waals surface area contributed by atoms with Crippen molar-refractivity contribution in [2.45, 2.75) is 23.1 Å². The molecule has 1 aliphatic rings. The van der Waals surface area contributed by atoms with E-state index in [1.54, 1.807) is 42.0 Å². The number of thiophene rings is 1. The van der Waals surface area contributed by atoms with Gasteiger partial charge in [-0.25, -0.2) is 8.42 Å². The third-order valence-electron chi connectivity index (χ3n) is 4.48. The number of sulfonamides is 1. The van der Waals surface area contributed by atoms with Gasteiger partial charge in [0.2, 0.25) is 0 Å². The Balaban J connectivity index is 1.35. The van der Waals surface area contributed by atoms with Crippen molar-refractivity contribution in [3.63, 3.8) is 0 Å². The minimum absolute atomic E-state index is 0.0870. The largest absolute Gasteiger partial charge is 0.463 e. The van der Waals surface area contributed by atoms with E-state index in [4.69, 9.17) is 4.42 Å². The zero-order chi connectivity index (χ0) is 18.9. The third kappa shape index (κ3) is 3.68. The Hall–Kier alpha value is -2.43. The average Bonchev–Trinajstić information content (AvgIpc) is 3.44. The molecule has 142 valence electrons. The number of amides is 1. The second-order valence-electron chi connectivity index (χ2n) is 6.23. The van der Waals surface area contributed by atoms with E-state index in [2.05, 4.69) is 15.5 Å². The van der Waals surface area contributed by atoms with Gasteiger partial charge in [0.25, 0.3) is 15.9 Å². The van der Waals surface area contributed by atoms with Gasteiger partial charge in [-0.05, 0) is 36.4 Å². The summed E-state index contributed by atoms with van der Waals surface area (Å²) >= 11 is 1.21. The lowest BCUT2D eigenvalue weighted by Gasteiger charge is -2.31. The maximum absolute atomic E-state index is 12.5. The normalized spacial score (nSPS) is 16.4. The van der Waals surface area contributed by atoms with Gasteiger partial charge in [-0.2, -0.15) is 9.40 Å². The summed E-state index contributed by atoms with van der Waals surface area (Å²) in [5.41, 5.74) is 0.900. The van der Waals surface area contributed by atoms with Crippen LogP contribution in [0.1, 0.15) is 23.3 Å². The number of furan rings is 1.